The predicted octanol–water partition coefficient (Wildman–Crippen LogP) is 4.60. The van der Waals surface area contributed by atoms with Crippen molar-refractivity contribution in [3.63, 3.8) is 0 Å². The second-order valence-electron chi connectivity index (χ2n) is 9.47. The fourth-order valence-electron chi connectivity index (χ4n) is 7.03. The number of carbonyl (C=O) groups excluding carboxylic acids is 1. The number of aliphatic carboxylic acids is 1. The number of hydrogen-bond acceptors (Lipinski definition) is 3. The lowest BCUT2D eigenvalue weighted by molar-refractivity contribution is -0.143. The van der Waals surface area contributed by atoms with Crippen LogP contribution >= 0.6 is 0 Å². The maximum Gasteiger partial charge on any atom is 0.407 e. The molecule has 2 N–H and O–H groups in total. The Hall–Kier alpha value is -1.26. The van der Waals surface area contributed by atoms with Crippen LogP contribution in [0.5, 0.6) is 0 Å². The molecule has 1 amide bonds. The van der Waals surface area contributed by atoms with Crippen LogP contribution in [-0.4, -0.2) is 29.8 Å². The Bertz CT molecular complexity index is 528. The monoisotopic (exact) mass is 377 g/mol. The molecule has 5 nitrogen and oxygen atoms in total. The number of fused-ring (bicyclic) bond motifs is 3. The van der Waals surface area contributed by atoms with E-state index in [1.54, 1.807) is 0 Å². The van der Waals surface area contributed by atoms with Crippen LogP contribution in [0.15, 0.2) is 0 Å². The molecule has 6 atom stereocenters. The van der Waals surface area contributed by atoms with Gasteiger partial charge in [-0.2, -0.15) is 0 Å². The molecule has 0 bridgehead atoms. The van der Waals surface area contributed by atoms with Crippen LogP contribution < -0.4 is 5.32 Å². The number of hydrogen-bond donors (Lipinski definition) is 2. The maximum absolute atomic E-state index is 12.4. The van der Waals surface area contributed by atoms with E-state index in [-0.39, 0.29) is 6.04 Å². The first kappa shape index (κ1) is 19.1. The van der Waals surface area contributed by atoms with Crippen molar-refractivity contribution in [3.8, 4) is 0 Å². The molecule has 5 heteroatoms. The molecule has 27 heavy (non-hydrogen) atoms. The number of carboxylic acids is 1. The molecule has 0 aliphatic heterocycles. The Morgan fingerprint density at radius 2 is 1.30 bits per heavy atom. The van der Waals surface area contributed by atoms with E-state index in [1.807, 2.05) is 0 Å². The van der Waals surface area contributed by atoms with Gasteiger partial charge >= 0.3 is 12.1 Å². The molecule has 0 radical (unpaired) electrons. The average molecular weight is 378 g/mol. The van der Waals surface area contributed by atoms with Gasteiger partial charge in [0.2, 0.25) is 0 Å². The third-order valence-electron chi connectivity index (χ3n) is 8.19. The lowest BCUT2D eigenvalue weighted by atomic mass is 9.73. The first-order chi connectivity index (χ1) is 13.1. The molecule has 4 aliphatic rings. The second-order valence-corrected chi connectivity index (χ2v) is 9.47. The molecule has 152 valence electrons. The quantitative estimate of drug-likeness (QED) is 0.751. The Balaban J connectivity index is 1.34. The number of amides is 1. The minimum Gasteiger partial charge on any atom is -0.481 e. The summed E-state index contributed by atoms with van der Waals surface area (Å²) in [6.07, 6.45) is 13.6. The van der Waals surface area contributed by atoms with Gasteiger partial charge in [0.1, 0.15) is 0 Å². The summed E-state index contributed by atoms with van der Waals surface area (Å²) >= 11 is 0. The van der Waals surface area contributed by atoms with E-state index in [0.717, 1.165) is 42.9 Å². The zero-order valence-electron chi connectivity index (χ0n) is 16.4. The third-order valence-corrected chi connectivity index (χ3v) is 8.19. The van der Waals surface area contributed by atoms with Gasteiger partial charge in [0.05, 0.1) is 12.5 Å². The molecule has 0 aromatic heterocycles. The highest BCUT2D eigenvalue weighted by Crippen LogP contribution is 2.57. The molecule has 0 heterocycles. The third kappa shape index (κ3) is 3.97. The van der Waals surface area contributed by atoms with Gasteiger partial charge in [-0.3, -0.25) is 4.79 Å². The van der Waals surface area contributed by atoms with Gasteiger partial charge in [-0.1, -0.05) is 38.5 Å². The average Bonchev–Trinajstić information content (AvgIpc) is 3.00. The molecule has 6 unspecified atom stereocenters. The molecule has 4 saturated carbocycles. The van der Waals surface area contributed by atoms with E-state index < -0.39 is 18.0 Å². The molecule has 0 aromatic rings. The van der Waals surface area contributed by atoms with Crippen LogP contribution in [0.25, 0.3) is 0 Å². The number of ether oxygens (including phenoxy) is 1. The van der Waals surface area contributed by atoms with E-state index in [9.17, 15) is 14.7 Å². The summed E-state index contributed by atoms with van der Waals surface area (Å²) in [4.78, 5) is 23.9. The summed E-state index contributed by atoms with van der Waals surface area (Å²) in [6, 6.07) is -0.280. The highest BCUT2D eigenvalue weighted by molar-refractivity contribution is 5.73. The molecule has 4 fully saturated rings. The van der Waals surface area contributed by atoms with E-state index in [1.165, 1.54) is 51.4 Å². The number of nitrogens with one attached hydrogen (secondary N) is 1. The first-order valence-corrected chi connectivity index (χ1v) is 11.3. The van der Waals surface area contributed by atoms with Gasteiger partial charge in [-0.05, 0) is 68.1 Å². The fraction of sp³-hybridized carbons (Fsp3) is 0.909. The van der Waals surface area contributed by atoms with Crippen LogP contribution in [0, 0.1) is 35.5 Å². The number of alkyl carbamates (subject to hydrolysis) is 1. The van der Waals surface area contributed by atoms with Crippen molar-refractivity contribution in [1.82, 2.24) is 5.32 Å². The molecule has 0 spiro atoms. The predicted molar refractivity (Wildman–Crippen MR) is 102 cm³/mol. The topological polar surface area (TPSA) is 75.6 Å². The van der Waals surface area contributed by atoms with Crippen molar-refractivity contribution in [2.45, 2.75) is 83.1 Å². The summed E-state index contributed by atoms with van der Waals surface area (Å²) in [7, 11) is 0. The van der Waals surface area contributed by atoms with E-state index in [2.05, 4.69) is 5.32 Å². The Kier molecular flexibility index (Phi) is 5.93. The zero-order valence-corrected chi connectivity index (χ0v) is 16.4. The summed E-state index contributed by atoms with van der Waals surface area (Å²) in [5.74, 6) is 2.44. The van der Waals surface area contributed by atoms with Gasteiger partial charge in [-0.15, -0.1) is 0 Å². The van der Waals surface area contributed by atoms with Crippen LogP contribution in [-0.2, 0) is 9.53 Å². The van der Waals surface area contributed by atoms with Crippen molar-refractivity contribution in [2.24, 2.45) is 35.5 Å². The largest absolute Gasteiger partial charge is 0.481 e. The Morgan fingerprint density at radius 1 is 0.778 bits per heavy atom. The smallest absolute Gasteiger partial charge is 0.407 e. The lowest BCUT2D eigenvalue weighted by Crippen LogP contribution is -2.45. The normalized spacial score (nSPS) is 41.3. The van der Waals surface area contributed by atoms with Gasteiger partial charge in [-0.25, -0.2) is 4.79 Å². The lowest BCUT2D eigenvalue weighted by Gasteiger charge is -2.32. The standard InChI is InChI=1S/C22H35NO4/c24-21(25)18-11-5-6-12-20(18)23-22(26)27-13-19-16-9-3-1-7-14(16)15-8-2-4-10-17(15)19/h14-20H,1-13H2,(H,23,26)(H,24,25). The zero-order chi connectivity index (χ0) is 18.8. The van der Waals surface area contributed by atoms with Crippen molar-refractivity contribution in [2.75, 3.05) is 6.61 Å². The maximum atomic E-state index is 12.4. The highest BCUT2D eigenvalue weighted by atomic mass is 16.5. The Morgan fingerprint density at radius 3 is 1.89 bits per heavy atom. The van der Waals surface area contributed by atoms with Crippen LogP contribution in [0.3, 0.4) is 0 Å². The van der Waals surface area contributed by atoms with Crippen molar-refractivity contribution in [3.05, 3.63) is 0 Å². The number of carboxylic acid groups (broad SMARTS) is 1. The highest BCUT2D eigenvalue weighted by Gasteiger charge is 2.51. The summed E-state index contributed by atoms with van der Waals surface area (Å²) in [5.41, 5.74) is 0. The molecular formula is C22H35NO4. The Labute approximate surface area is 162 Å². The summed E-state index contributed by atoms with van der Waals surface area (Å²) < 4.78 is 5.71. The first-order valence-electron chi connectivity index (χ1n) is 11.3. The van der Waals surface area contributed by atoms with Gasteiger partial charge < -0.3 is 15.2 Å². The van der Waals surface area contributed by atoms with Gasteiger partial charge in [0, 0.05) is 6.04 Å². The van der Waals surface area contributed by atoms with Crippen LogP contribution in [0.2, 0.25) is 0 Å². The summed E-state index contributed by atoms with van der Waals surface area (Å²) in [6.45, 7) is 0.526. The summed E-state index contributed by atoms with van der Waals surface area (Å²) in [5, 5.41) is 12.3. The van der Waals surface area contributed by atoms with E-state index >= 15 is 0 Å². The molecule has 4 rings (SSSR count). The number of carbonyl (C=O) groups is 2. The van der Waals surface area contributed by atoms with Gasteiger partial charge in [0.25, 0.3) is 0 Å². The van der Waals surface area contributed by atoms with E-state index in [4.69, 9.17) is 4.74 Å². The molecule has 4 aliphatic carbocycles. The van der Waals surface area contributed by atoms with Gasteiger partial charge in [0.15, 0.2) is 0 Å². The second kappa shape index (κ2) is 8.40. The molecular weight excluding hydrogens is 342 g/mol. The minimum atomic E-state index is -0.800. The van der Waals surface area contributed by atoms with Crippen molar-refractivity contribution >= 4 is 12.1 Å². The fourth-order valence-corrected chi connectivity index (χ4v) is 7.03. The van der Waals surface area contributed by atoms with E-state index in [0.29, 0.717) is 18.9 Å². The van der Waals surface area contributed by atoms with Crippen molar-refractivity contribution < 1.29 is 19.4 Å². The SMILES string of the molecule is O=C(NC1CCCCC1C(=O)O)OCC1C2CCCCC2C2CCCCC21. The van der Waals surface area contributed by atoms with Crippen LogP contribution in [0.1, 0.15) is 77.0 Å². The minimum absolute atomic E-state index is 0.280. The van der Waals surface area contributed by atoms with Crippen LogP contribution in [0.4, 0.5) is 4.79 Å². The molecule has 0 aromatic carbocycles. The molecule has 0 saturated heterocycles. The number of rotatable bonds is 4. The van der Waals surface area contributed by atoms with Crippen molar-refractivity contribution in [1.29, 1.82) is 0 Å².